The van der Waals surface area contributed by atoms with E-state index >= 15 is 0 Å². The van der Waals surface area contributed by atoms with Crippen molar-refractivity contribution in [2.24, 2.45) is 0 Å². The Balaban J connectivity index is 2.16. The van der Waals surface area contributed by atoms with Gasteiger partial charge in [-0.1, -0.05) is 0 Å². The van der Waals surface area contributed by atoms with Gasteiger partial charge in [-0.25, -0.2) is 0 Å². The number of rotatable bonds is 9. The molecule has 90 valence electrons. The van der Waals surface area contributed by atoms with E-state index in [0.29, 0.717) is 19.3 Å². The van der Waals surface area contributed by atoms with Crippen LogP contribution in [0, 0.1) is 0 Å². The van der Waals surface area contributed by atoms with Gasteiger partial charge in [-0.05, 0) is 19.8 Å². The molecule has 1 aliphatic rings. The predicted octanol–water partition coefficient (Wildman–Crippen LogP) is 0.947. The number of ether oxygens (including phenoxy) is 1. The molecule has 1 saturated heterocycles. The molecule has 0 aliphatic carbocycles. The molecule has 1 unspecified atom stereocenters. The van der Waals surface area contributed by atoms with Crippen LogP contribution >= 0.6 is 0 Å². The van der Waals surface area contributed by atoms with Crippen molar-refractivity contribution < 1.29 is 22.4 Å². The molecule has 0 saturated carbocycles. The Morgan fingerprint density at radius 2 is 1.93 bits per heavy atom. The largest absolute Gasteiger partial charge is 0.679 e. The molecule has 0 spiro atoms. The third-order valence-corrected chi connectivity index (χ3v) is 4.37. The van der Waals surface area contributed by atoms with E-state index in [4.69, 9.17) is 22.4 Å². The van der Waals surface area contributed by atoms with Gasteiger partial charge in [0.2, 0.25) is 0 Å². The molecule has 1 rings (SSSR count). The van der Waals surface area contributed by atoms with Crippen LogP contribution in [0.5, 0.6) is 0 Å². The quantitative estimate of drug-likeness (QED) is 0.339. The summed E-state index contributed by atoms with van der Waals surface area (Å²) in [6.07, 6.45) is 2.42. The molecule has 1 atom stereocenters. The van der Waals surface area contributed by atoms with Gasteiger partial charge in [0.05, 0.1) is 12.7 Å². The molecular weight excluding hydrogens is 216 g/mol. The molecule has 15 heavy (non-hydrogen) atoms. The van der Waals surface area contributed by atoms with Crippen molar-refractivity contribution >= 4 is 9.05 Å². The summed E-state index contributed by atoms with van der Waals surface area (Å²) in [5.74, 6) is 0. The van der Waals surface area contributed by atoms with Crippen molar-refractivity contribution in [1.29, 1.82) is 0 Å². The van der Waals surface area contributed by atoms with E-state index in [1.807, 2.05) is 6.92 Å². The summed E-state index contributed by atoms with van der Waals surface area (Å²) in [5, 5.41) is 0. The van der Waals surface area contributed by atoms with Gasteiger partial charge in [0.15, 0.2) is 0 Å². The van der Waals surface area contributed by atoms with Gasteiger partial charge in [-0.3, -0.25) is 0 Å². The molecule has 1 fully saturated rings. The van der Waals surface area contributed by atoms with Crippen molar-refractivity contribution in [2.75, 3.05) is 34.0 Å². The monoisotopic (exact) mass is 236 g/mol. The average molecular weight is 236 g/mol. The highest BCUT2D eigenvalue weighted by molar-refractivity contribution is 6.53. The zero-order chi connectivity index (χ0) is 11.1. The Labute approximate surface area is 92.1 Å². The Morgan fingerprint density at radius 1 is 1.27 bits per heavy atom. The van der Waals surface area contributed by atoms with Gasteiger partial charge in [-0.2, -0.15) is 0 Å². The minimum absolute atomic E-state index is 0.446. The molecule has 0 amide bonds. The fourth-order valence-electron chi connectivity index (χ4n) is 1.28. The van der Waals surface area contributed by atoms with Gasteiger partial charge in [-0.15, -0.1) is 0 Å². The summed E-state index contributed by atoms with van der Waals surface area (Å²) in [7, 11) is 0.266. The molecule has 0 aromatic carbocycles. The molecular formula is C9H20O5Si. The van der Waals surface area contributed by atoms with Crippen LogP contribution in [0.15, 0.2) is 0 Å². The lowest BCUT2D eigenvalue weighted by molar-refractivity contribution is -0.00688. The molecule has 6 heteroatoms. The lowest BCUT2D eigenvalue weighted by Crippen LogP contribution is -2.47. The third-order valence-electron chi connectivity index (χ3n) is 2.17. The van der Waals surface area contributed by atoms with Crippen molar-refractivity contribution in [2.45, 2.75) is 25.9 Å². The van der Waals surface area contributed by atoms with Crippen molar-refractivity contribution in [3.63, 3.8) is 0 Å². The minimum Gasteiger partial charge on any atom is -0.373 e. The fourth-order valence-corrected chi connectivity index (χ4v) is 2.75. The zero-order valence-electron chi connectivity index (χ0n) is 9.65. The second-order valence-corrected chi connectivity index (χ2v) is 5.68. The Morgan fingerprint density at radius 3 is 2.40 bits per heavy atom. The summed E-state index contributed by atoms with van der Waals surface area (Å²) in [6.45, 7) is 3.90. The Bertz CT molecular complexity index is 170. The van der Waals surface area contributed by atoms with E-state index in [1.54, 1.807) is 14.2 Å². The minimum atomic E-state index is -2.84. The summed E-state index contributed by atoms with van der Waals surface area (Å²) < 4.78 is 26.4. The van der Waals surface area contributed by atoms with Crippen LogP contribution in [0.2, 0.25) is 0 Å². The van der Waals surface area contributed by atoms with Crippen LogP contribution in [-0.4, -0.2) is 49.2 Å². The molecule has 0 radical (unpaired) electrons. The Hall–Kier alpha value is 0.0169. The van der Waals surface area contributed by atoms with Crippen LogP contribution in [0.3, 0.4) is 0 Å². The molecule has 1 aliphatic heterocycles. The van der Waals surface area contributed by atoms with E-state index in [0.717, 1.165) is 19.4 Å². The maximum Gasteiger partial charge on any atom is 0.679 e. The summed E-state index contributed by atoms with van der Waals surface area (Å²) >= 11 is 0. The fraction of sp³-hybridized carbons (Fsp3) is 1.00. The van der Waals surface area contributed by atoms with Crippen LogP contribution in [0.1, 0.15) is 19.8 Å². The van der Waals surface area contributed by atoms with Crippen LogP contribution in [-0.2, 0) is 22.4 Å². The van der Waals surface area contributed by atoms with E-state index in [9.17, 15) is 0 Å². The SMILES string of the molecule is CCO[Si](OC)(OC)OCCCC1CO1. The lowest BCUT2D eigenvalue weighted by atomic mass is 10.3. The first-order valence-corrected chi connectivity index (χ1v) is 6.89. The molecule has 1 heterocycles. The van der Waals surface area contributed by atoms with Gasteiger partial charge in [0, 0.05) is 27.4 Å². The first-order chi connectivity index (χ1) is 7.26. The maximum atomic E-state index is 5.56. The van der Waals surface area contributed by atoms with Gasteiger partial charge < -0.3 is 22.4 Å². The van der Waals surface area contributed by atoms with Crippen molar-refractivity contribution in [3.05, 3.63) is 0 Å². The second-order valence-electron chi connectivity index (χ2n) is 3.29. The van der Waals surface area contributed by atoms with Crippen molar-refractivity contribution in [1.82, 2.24) is 0 Å². The maximum absolute atomic E-state index is 5.56. The number of hydrogen-bond donors (Lipinski definition) is 0. The van der Waals surface area contributed by atoms with E-state index in [2.05, 4.69) is 0 Å². The summed E-state index contributed by atoms with van der Waals surface area (Å²) in [5.41, 5.74) is 0. The van der Waals surface area contributed by atoms with E-state index in [1.165, 1.54) is 0 Å². The average Bonchev–Trinajstić information content (AvgIpc) is 3.07. The topological polar surface area (TPSA) is 49.5 Å². The molecule has 0 aromatic heterocycles. The standard InChI is InChI=1S/C9H20O5Si/c1-4-13-15(10-2,11-3)14-7-5-6-9-8-12-9/h9H,4-8H2,1-3H3. The second kappa shape index (κ2) is 6.57. The highest BCUT2D eigenvalue weighted by Crippen LogP contribution is 2.16. The molecule has 0 aromatic rings. The van der Waals surface area contributed by atoms with E-state index in [-0.39, 0.29) is 0 Å². The van der Waals surface area contributed by atoms with Crippen LogP contribution in [0.25, 0.3) is 0 Å². The van der Waals surface area contributed by atoms with Crippen molar-refractivity contribution in [3.8, 4) is 0 Å². The normalized spacial score (nSPS) is 20.6. The lowest BCUT2D eigenvalue weighted by Gasteiger charge is -2.24. The first kappa shape index (κ1) is 13.1. The summed E-state index contributed by atoms with van der Waals surface area (Å²) in [4.78, 5) is 0. The molecule has 0 N–H and O–H groups in total. The predicted molar refractivity (Wildman–Crippen MR) is 56.3 cm³/mol. The highest BCUT2D eigenvalue weighted by Gasteiger charge is 2.42. The number of hydrogen-bond acceptors (Lipinski definition) is 5. The molecule has 5 nitrogen and oxygen atoms in total. The summed E-state index contributed by atoms with van der Waals surface area (Å²) in [6, 6.07) is 0. The smallest absolute Gasteiger partial charge is 0.373 e. The third kappa shape index (κ3) is 4.58. The zero-order valence-corrected chi connectivity index (χ0v) is 10.7. The van der Waals surface area contributed by atoms with Gasteiger partial charge >= 0.3 is 9.05 Å². The van der Waals surface area contributed by atoms with E-state index < -0.39 is 9.05 Å². The molecule has 0 bridgehead atoms. The van der Waals surface area contributed by atoms with Gasteiger partial charge in [0.1, 0.15) is 0 Å². The highest BCUT2D eigenvalue weighted by atomic mass is 28.4. The van der Waals surface area contributed by atoms with Gasteiger partial charge in [0.25, 0.3) is 0 Å². The number of epoxide rings is 1. The van der Waals surface area contributed by atoms with Crippen LogP contribution < -0.4 is 0 Å². The first-order valence-electron chi connectivity index (χ1n) is 5.26. The Kier molecular flexibility index (Phi) is 5.73. The van der Waals surface area contributed by atoms with Crippen LogP contribution in [0.4, 0.5) is 0 Å².